The maximum atomic E-state index is 12.7. The number of carbonyl (C=O) groups excluding carboxylic acids is 1. The van der Waals surface area contributed by atoms with Gasteiger partial charge in [-0.05, 0) is 23.3 Å². The number of halogens is 3. The van der Waals surface area contributed by atoms with Crippen molar-refractivity contribution in [3.05, 3.63) is 94.6 Å². The maximum Gasteiger partial charge on any atom is 0.416 e. The first-order valence-electron chi connectivity index (χ1n) is 11.0. The van der Waals surface area contributed by atoms with Gasteiger partial charge in [0, 0.05) is 50.5 Å². The monoisotopic (exact) mass is 496 g/mol. The predicted octanol–water partition coefficient (Wildman–Crippen LogP) is 4.46. The first-order chi connectivity index (χ1) is 17.0. The number of nitrogens with zero attached hydrogens (tertiary/aromatic N) is 4. The van der Waals surface area contributed by atoms with Crippen LogP contribution in [0.25, 0.3) is 5.65 Å². The van der Waals surface area contributed by atoms with Crippen LogP contribution in [0.2, 0.25) is 0 Å². The minimum absolute atomic E-state index is 0.0598. The molecule has 2 heterocycles. The van der Waals surface area contributed by atoms with Gasteiger partial charge < -0.3 is 10.0 Å². The molecule has 0 unspecified atom stereocenters. The van der Waals surface area contributed by atoms with Gasteiger partial charge in [0.15, 0.2) is 5.78 Å². The van der Waals surface area contributed by atoms with Crippen molar-refractivity contribution in [1.29, 1.82) is 0 Å². The van der Waals surface area contributed by atoms with Crippen molar-refractivity contribution in [1.82, 2.24) is 14.4 Å². The second kappa shape index (κ2) is 9.80. The van der Waals surface area contributed by atoms with Gasteiger partial charge in [-0.1, -0.05) is 36.4 Å². The van der Waals surface area contributed by atoms with Crippen molar-refractivity contribution < 1.29 is 27.9 Å². The summed E-state index contributed by atoms with van der Waals surface area (Å²) >= 11 is 0. The zero-order chi connectivity index (χ0) is 26.0. The second-order valence-electron chi connectivity index (χ2n) is 8.58. The lowest BCUT2D eigenvalue weighted by Crippen LogP contribution is -2.19. The van der Waals surface area contributed by atoms with E-state index in [1.54, 1.807) is 47.9 Å². The Morgan fingerprint density at radius 1 is 0.972 bits per heavy atom. The smallest absolute Gasteiger partial charge is 0.416 e. The molecule has 0 saturated heterocycles. The Bertz CT molecular complexity index is 1410. The molecule has 0 fully saturated rings. The number of carbonyl (C=O) groups is 2. The topological polar surface area (TPSA) is 87.8 Å². The highest BCUT2D eigenvalue weighted by atomic mass is 19.4. The molecule has 0 amide bonds. The fourth-order valence-electron chi connectivity index (χ4n) is 3.97. The van der Waals surface area contributed by atoms with E-state index in [0.717, 1.165) is 23.3 Å². The standard InChI is InChI=1S/C26H23F3N4O3/c1-32(2)25-20(15-23(35)36)24-30-11-12-33(24)22(31-25)14-17-5-3-16(4-6-17)13-21(34)18-7-9-19(10-8-18)26(27,28)29/h3-12H,13-15H2,1-2H3,(H,35,36). The third-order valence-electron chi connectivity index (χ3n) is 5.73. The maximum absolute atomic E-state index is 12.7. The van der Waals surface area contributed by atoms with Crippen molar-refractivity contribution >= 4 is 23.2 Å². The van der Waals surface area contributed by atoms with Crippen molar-refractivity contribution in [2.75, 3.05) is 19.0 Å². The number of fused-ring (bicyclic) bond motifs is 1. The van der Waals surface area contributed by atoms with Crippen molar-refractivity contribution in [2.45, 2.75) is 25.4 Å². The van der Waals surface area contributed by atoms with Crippen LogP contribution in [-0.4, -0.2) is 45.3 Å². The van der Waals surface area contributed by atoms with Crippen LogP contribution in [0.1, 0.15) is 38.4 Å². The van der Waals surface area contributed by atoms with E-state index in [9.17, 15) is 27.9 Å². The number of benzene rings is 2. The Hall–Kier alpha value is -4.21. The first kappa shape index (κ1) is 24.9. The number of hydrogen-bond donors (Lipinski definition) is 1. The van der Waals surface area contributed by atoms with Gasteiger partial charge in [0.25, 0.3) is 0 Å². The first-order valence-corrected chi connectivity index (χ1v) is 11.0. The molecule has 0 aliphatic carbocycles. The molecular formula is C26H23F3N4O3. The van der Waals surface area contributed by atoms with E-state index < -0.39 is 17.7 Å². The van der Waals surface area contributed by atoms with Gasteiger partial charge in [-0.2, -0.15) is 13.2 Å². The zero-order valence-corrected chi connectivity index (χ0v) is 19.6. The molecule has 2 aromatic carbocycles. The van der Waals surface area contributed by atoms with Crippen LogP contribution in [0.3, 0.4) is 0 Å². The number of carboxylic acids is 1. The summed E-state index contributed by atoms with van der Waals surface area (Å²) in [5.74, 6) is -0.0410. The van der Waals surface area contributed by atoms with E-state index >= 15 is 0 Å². The molecule has 2 aromatic heterocycles. The molecule has 36 heavy (non-hydrogen) atoms. The minimum Gasteiger partial charge on any atom is -0.481 e. The van der Waals surface area contributed by atoms with Gasteiger partial charge in [-0.3, -0.25) is 14.0 Å². The van der Waals surface area contributed by atoms with Crippen molar-refractivity contribution in [3.8, 4) is 0 Å². The SMILES string of the molecule is CN(C)c1nc(Cc2ccc(CC(=O)c3ccc(C(F)(F)F)cc3)cc2)n2ccnc2c1CC(=O)O. The Morgan fingerprint density at radius 2 is 1.61 bits per heavy atom. The number of aliphatic carboxylic acids is 1. The molecule has 0 bridgehead atoms. The molecule has 1 N–H and O–H groups in total. The van der Waals surface area contributed by atoms with Gasteiger partial charge in [-0.25, -0.2) is 9.97 Å². The number of hydrogen-bond acceptors (Lipinski definition) is 5. The Morgan fingerprint density at radius 3 is 2.19 bits per heavy atom. The summed E-state index contributed by atoms with van der Waals surface area (Å²) in [5, 5.41) is 9.33. The van der Waals surface area contributed by atoms with Crippen LogP contribution in [-0.2, 0) is 30.2 Å². The predicted molar refractivity (Wildman–Crippen MR) is 127 cm³/mol. The number of aromatic nitrogens is 3. The van der Waals surface area contributed by atoms with Crippen LogP contribution in [0.15, 0.2) is 60.9 Å². The summed E-state index contributed by atoms with van der Waals surface area (Å²) in [6, 6.07) is 11.5. The lowest BCUT2D eigenvalue weighted by Gasteiger charge is -2.18. The molecule has 7 nitrogen and oxygen atoms in total. The molecule has 10 heteroatoms. The third-order valence-corrected chi connectivity index (χ3v) is 5.73. The highest BCUT2D eigenvalue weighted by molar-refractivity contribution is 5.97. The summed E-state index contributed by atoms with van der Waals surface area (Å²) in [6.45, 7) is 0. The summed E-state index contributed by atoms with van der Waals surface area (Å²) < 4.78 is 40.0. The average Bonchev–Trinajstić information content (AvgIpc) is 3.31. The largest absolute Gasteiger partial charge is 0.481 e. The van der Waals surface area contributed by atoms with Crippen molar-refractivity contribution in [3.63, 3.8) is 0 Å². The number of ketones is 1. The van der Waals surface area contributed by atoms with E-state index in [2.05, 4.69) is 4.98 Å². The molecular weight excluding hydrogens is 473 g/mol. The van der Waals surface area contributed by atoms with Gasteiger partial charge in [-0.15, -0.1) is 0 Å². The molecule has 0 radical (unpaired) electrons. The Labute approximate surface area is 204 Å². The number of carboxylic acid groups (broad SMARTS) is 1. The summed E-state index contributed by atoms with van der Waals surface area (Å²) in [4.78, 5) is 34.7. The minimum atomic E-state index is -4.45. The number of Topliss-reactive ketones (excluding diaryl/α,β-unsaturated/α-hetero) is 1. The highest BCUT2D eigenvalue weighted by Gasteiger charge is 2.30. The van der Waals surface area contributed by atoms with E-state index in [1.807, 2.05) is 12.1 Å². The van der Waals surface area contributed by atoms with E-state index in [0.29, 0.717) is 29.3 Å². The van der Waals surface area contributed by atoms with Gasteiger partial charge in [0.2, 0.25) is 0 Å². The normalized spacial score (nSPS) is 11.6. The van der Waals surface area contributed by atoms with E-state index in [4.69, 9.17) is 4.98 Å². The number of rotatable bonds is 8. The molecule has 0 atom stereocenters. The molecule has 0 aliphatic heterocycles. The summed E-state index contributed by atoms with van der Waals surface area (Å²) in [6.07, 6.45) is -0.819. The molecule has 0 aliphatic rings. The number of imidazole rings is 1. The van der Waals surface area contributed by atoms with Crippen LogP contribution >= 0.6 is 0 Å². The molecule has 186 valence electrons. The quantitative estimate of drug-likeness (QED) is 0.363. The van der Waals surface area contributed by atoms with Crippen LogP contribution in [0.5, 0.6) is 0 Å². The molecule has 0 spiro atoms. The number of alkyl halides is 3. The van der Waals surface area contributed by atoms with Crippen molar-refractivity contribution in [2.24, 2.45) is 0 Å². The lowest BCUT2D eigenvalue weighted by atomic mass is 10.00. The molecule has 4 aromatic rings. The van der Waals surface area contributed by atoms with Crippen LogP contribution < -0.4 is 4.90 Å². The van der Waals surface area contributed by atoms with Crippen LogP contribution in [0, 0.1) is 0 Å². The van der Waals surface area contributed by atoms with Gasteiger partial charge in [0.1, 0.15) is 17.3 Å². The lowest BCUT2D eigenvalue weighted by molar-refractivity contribution is -0.138. The third kappa shape index (κ3) is 5.37. The fourth-order valence-corrected chi connectivity index (χ4v) is 3.97. The average molecular weight is 496 g/mol. The number of anilines is 1. The Balaban J connectivity index is 1.53. The van der Waals surface area contributed by atoms with Gasteiger partial charge in [0.05, 0.1) is 12.0 Å². The van der Waals surface area contributed by atoms with Crippen LogP contribution in [0.4, 0.5) is 19.0 Å². The molecule has 4 rings (SSSR count). The molecule has 0 saturated carbocycles. The second-order valence-corrected chi connectivity index (χ2v) is 8.58. The Kier molecular flexibility index (Phi) is 6.78. The summed E-state index contributed by atoms with van der Waals surface area (Å²) in [7, 11) is 3.58. The van der Waals surface area contributed by atoms with Gasteiger partial charge >= 0.3 is 12.1 Å². The zero-order valence-electron chi connectivity index (χ0n) is 19.6. The summed E-state index contributed by atoms with van der Waals surface area (Å²) in [5.41, 5.74) is 2.13. The van der Waals surface area contributed by atoms with E-state index in [-0.39, 0.29) is 24.2 Å². The fraction of sp³-hybridized carbons (Fsp3) is 0.231. The highest BCUT2D eigenvalue weighted by Crippen LogP contribution is 2.29. The van der Waals surface area contributed by atoms with E-state index in [1.165, 1.54) is 12.1 Å².